The molecular formula is C22H22ClFN4O4. The quantitative estimate of drug-likeness (QED) is 0.608. The van der Waals surface area contributed by atoms with Gasteiger partial charge in [0.15, 0.2) is 5.58 Å². The van der Waals surface area contributed by atoms with Gasteiger partial charge in [-0.05, 0) is 49.2 Å². The Hall–Kier alpha value is -3.33. The van der Waals surface area contributed by atoms with Crippen molar-refractivity contribution >= 4 is 40.3 Å². The molecule has 0 unspecified atom stereocenters. The van der Waals surface area contributed by atoms with E-state index < -0.39 is 5.76 Å². The van der Waals surface area contributed by atoms with Gasteiger partial charge in [0, 0.05) is 48.9 Å². The minimum atomic E-state index is -0.523. The highest BCUT2D eigenvalue weighted by Gasteiger charge is 2.24. The molecule has 2 aromatic carbocycles. The minimum absolute atomic E-state index is 0.0607. The van der Waals surface area contributed by atoms with Gasteiger partial charge in [-0.25, -0.2) is 14.0 Å². The SMILES string of the molecule is O=C(Nc1ccc(F)cc1)NC1CCN(C(=O)CCn2c(=O)oc3cc(Cl)ccc32)CC1. The Morgan fingerprint density at radius 1 is 1.12 bits per heavy atom. The molecule has 1 fully saturated rings. The van der Waals surface area contributed by atoms with E-state index in [9.17, 15) is 18.8 Å². The first kappa shape index (κ1) is 21.9. The van der Waals surface area contributed by atoms with Crippen LogP contribution in [0.25, 0.3) is 11.1 Å². The van der Waals surface area contributed by atoms with Crippen LogP contribution in [0.4, 0.5) is 14.9 Å². The second-order valence-corrected chi connectivity index (χ2v) is 8.08. The molecule has 4 rings (SSSR count). The molecule has 32 heavy (non-hydrogen) atoms. The number of fused-ring (bicyclic) bond motifs is 1. The van der Waals surface area contributed by atoms with E-state index in [2.05, 4.69) is 10.6 Å². The van der Waals surface area contributed by atoms with Crippen LogP contribution in [-0.2, 0) is 11.3 Å². The van der Waals surface area contributed by atoms with E-state index in [1.807, 2.05) is 0 Å². The van der Waals surface area contributed by atoms with Crippen LogP contribution < -0.4 is 16.4 Å². The van der Waals surface area contributed by atoms with E-state index in [-0.39, 0.29) is 36.8 Å². The lowest BCUT2D eigenvalue weighted by Crippen LogP contribution is -2.47. The van der Waals surface area contributed by atoms with Gasteiger partial charge in [-0.1, -0.05) is 11.6 Å². The van der Waals surface area contributed by atoms with Crippen LogP contribution in [-0.4, -0.2) is 40.5 Å². The van der Waals surface area contributed by atoms with Crippen molar-refractivity contribution < 1.29 is 18.4 Å². The molecule has 1 aliphatic heterocycles. The molecule has 0 radical (unpaired) electrons. The van der Waals surface area contributed by atoms with Gasteiger partial charge in [0.25, 0.3) is 0 Å². The van der Waals surface area contributed by atoms with Crippen LogP contribution in [0, 0.1) is 5.82 Å². The van der Waals surface area contributed by atoms with Gasteiger partial charge in [-0.3, -0.25) is 9.36 Å². The highest BCUT2D eigenvalue weighted by atomic mass is 35.5. The van der Waals surface area contributed by atoms with Crippen molar-refractivity contribution in [2.75, 3.05) is 18.4 Å². The van der Waals surface area contributed by atoms with Gasteiger partial charge >= 0.3 is 11.8 Å². The molecule has 0 saturated carbocycles. The first-order valence-corrected chi connectivity index (χ1v) is 10.7. The molecule has 0 bridgehead atoms. The molecule has 8 nitrogen and oxygen atoms in total. The van der Waals surface area contributed by atoms with E-state index in [1.54, 1.807) is 23.1 Å². The number of oxazole rings is 1. The first-order valence-electron chi connectivity index (χ1n) is 10.3. The minimum Gasteiger partial charge on any atom is -0.408 e. The fourth-order valence-electron chi connectivity index (χ4n) is 3.78. The van der Waals surface area contributed by atoms with Crippen molar-refractivity contribution in [2.24, 2.45) is 0 Å². The number of hydrogen-bond acceptors (Lipinski definition) is 4. The highest BCUT2D eigenvalue weighted by molar-refractivity contribution is 6.31. The van der Waals surface area contributed by atoms with Gasteiger partial charge in [0.2, 0.25) is 5.91 Å². The summed E-state index contributed by atoms with van der Waals surface area (Å²) in [6.45, 7) is 1.23. The number of amides is 3. The van der Waals surface area contributed by atoms with Crippen LogP contribution in [0.5, 0.6) is 0 Å². The summed E-state index contributed by atoms with van der Waals surface area (Å²) in [7, 11) is 0. The number of aromatic nitrogens is 1. The zero-order valence-corrected chi connectivity index (χ0v) is 17.9. The van der Waals surface area contributed by atoms with Crippen molar-refractivity contribution in [2.45, 2.75) is 31.8 Å². The monoisotopic (exact) mass is 460 g/mol. The zero-order chi connectivity index (χ0) is 22.7. The maximum atomic E-state index is 12.9. The maximum absolute atomic E-state index is 12.9. The second kappa shape index (κ2) is 9.44. The van der Waals surface area contributed by atoms with E-state index in [0.29, 0.717) is 47.7 Å². The number of carbonyl (C=O) groups is 2. The van der Waals surface area contributed by atoms with Crippen LogP contribution in [0.3, 0.4) is 0 Å². The number of nitrogens with zero attached hydrogens (tertiary/aromatic N) is 2. The van der Waals surface area contributed by atoms with Crippen molar-refractivity contribution in [3.8, 4) is 0 Å². The van der Waals surface area contributed by atoms with Gasteiger partial charge in [0.1, 0.15) is 5.82 Å². The smallest absolute Gasteiger partial charge is 0.408 e. The number of nitrogens with one attached hydrogen (secondary N) is 2. The summed E-state index contributed by atoms with van der Waals surface area (Å²) < 4.78 is 19.6. The van der Waals surface area contributed by atoms with Crippen LogP contribution >= 0.6 is 11.6 Å². The molecule has 0 spiro atoms. The first-order chi connectivity index (χ1) is 15.4. The second-order valence-electron chi connectivity index (χ2n) is 7.64. The lowest BCUT2D eigenvalue weighted by Gasteiger charge is -2.32. The van der Waals surface area contributed by atoms with E-state index in [4.69, 9.17) is 16.0 Å². The Bertz CT molecular complexity index is 1180. The number of urea groups is 1. The van der Waals surface area contributed by atoms with Gasteiger partial charge < -0.3 is 20.0 Å². The number of hydrogen-bond donors (Lipinski definition) is 2. The Balaban J connectivity index is 1.25. The Morgan fingerprint density at radius 2 is 1.84 bits per heavy atom. The molecule has 3 amide bonds. The van der Waals surface area contributed by atoms with Crippen LogP contribution in [0.15, 0.2) is 51.7 Å². The molecule has 2 heterocycles. The number of likely N-dealkylation sites (tertiary alicyclic amines) is 1. The summed E-state index contributed by atoms with van der Waals surface area (Å²) >= 11 is 5.92. The highest BCUT2D eigenvalue weighted by Crippen LogP contribution is 2.19. The summed E-state index contributed by atoms with van der Waals surface area (Å²) in [5.74, 6) is -0.956. The lowest BCUT2D eigenvalue weighted by molar-refractivity contribution is -0.132. The van der Waals surface area contributed by atoms with Crippen molar-refractivity contribution in [1.82, 2.24) is 14.8 Å². The predicted octanol–water partition coefficient (Wildman–Crippen LogP) is 3.59. The zero-order valence-electron chi connectivity index (χ0n) is 17.1. The summed E-state index contributed by atoms with van der Waals surface area (Å²) in [5, 5.41) is 6.01. The predicted molar refractivity (Wildman–Crippen MR) is 118 cm³/mol. The molecule has 168 valence electrons. The molecule has 3 aromatic rings. The molecule has 1 aliphatic rings. The number of piperidine rings is 1. The Labute approximate surface area is 187 Å². The summed E-state index contributed by atoms with van der Waals surface area (Å²) in [6, 6.07) is 10.0. The average molecular weight is 461 g/mol. The number of carbonyl (C=O) groups excluding carboxylic acids is 2. The van der Waals surface area contributed by atoms with Crippen LogP contribution in [0.1, 0.15) is 19.3 Å². The Kier molecular flexibility index (Phi) is 6.45. The van der Waals surface area contributed by atoms with E-state index >= 15 is 0 Å². The van der Waals surface area contributed by atoms with Crippen LogP contribution in [0.2, 0.25) is 5.02 Å². The molecular weight excluding hydrogens is 439 g/mol. The average Bonchev–Trinajstić information content (AvgIpc) is 3.08. The Morgan fingerprint density at radius 3 is 2.56 bits per heavy atom. The lowest BCUT2D eigenvalue weighted by atomic mass is 10.0. The number of halogens is 2. The summed E-state index contributed by atoms with van der Waals surface area (Å²) in [5.41, 5.74) is 1.49. The summed E-state index contributed by atoms with van der Waals surface area (Å²) in [4.78, 5) is 38.6. The molecule has 2 N–H and O–H groups in total. The van der Waals surface area contributed by atoms with Crippen molar-refractivity contribution in [3.05, 3.63) is 63.9 Å². The normalized spacial score (nSPS) is 14.5. The van der Waals surface area contributed by atoms with E-state index in [0.717, 1.165) is 0 Å². The number of benzene rings is 2. The third kappa shape index (κ3) is 5.11. The van der Waals surface area contributed by atoms with Crippen molar-refractivity contribution in [1.29, 1.82) is 0 Å². The molecule has 0 atom stereocenters. The number of rotatable bonds is 5. The standard InChI is InChI=1S/C22H22ClFN4O4/c23-14-1-6-18-19(13-14)32-22(31)28(18)12-9-20(29)27-10-7-17(8-11-27)26-21(30)25-16-4-2-15(24)3-5-16/h1-6,13,17H,7-12H2,(H2,25,26,30). The number of aryl methyl sites for hydroxylation is 1. The maximum Gasteiger partial charge on any atom is 0.419 e. The van der Waals surface area contributed by atoms with Gasteiger partial charge in [0.05, 0.1) is 5.52 Å². The third-order valence-corrected chi connectivity index (χ3v) is 5.70. The van der Waals surface area contributed by atoms with Gasteiger partial charge in [-0.2, -0.15) is 0 Å². The molecule has 1 aromatic heterocycles. The molecule has 10 heteroatoms. The van der Waals surface area contributed by atoms with Crippen molar-refractivity contribution in [3.63, 3.8) is 0 Å². The molecule has 1 saturated heterocycles. The van der Waals surface area contributed by atoms with Gasteiger partial charge in [-0.15, -0.1) is 0 Å². The fourth-order valence-corrected chi connectivity index (χ4v) is 3.94. The van der Waals surface area contributed by atoms with E-state index in [1.165, 1.54) is 28.8 Å². The topological polar surface area (TPSA) is 96.6 Å². The molecule has 0 aliphatic carbocycles. The fraction of sp³-hybridized carbons (Fsp3) is 0.318. The number of anilines is 1. The third-order valence-electron chi connectivity index (χ3n) is 5.46. The summed E-state index contributed by atoms with van der Waals surface area (Å²) in [6.07, 6.45) is 1.41. The largest absolute Gasteiger partial charge is 0.419 e.